The molecule has 0 bridgehead atoms. The summed E-state index contributed by atoms with van der Waals surface area (Å²) in [5.41, 5.74) is 2.68. The maximum atomic E-state index is 13.1. The summed E-state index contributed by atoms with van der Waals surface area (Å²) in [7, 11) is 0. The lowest BCUT2D eigenvalue weighted by Gasteiger charge is -2.24. The number of carboxylic acid groups (broad SMARTS) is 1. The van der Waals surface area contributed by atoms with Gasteiger partial charge in [-0.25, -0.2) is 4.98 Å². The lowest BCUT2D eigenvalue weighted by Crippen LogP contribution is -2.42. The summed E-state index contributed by atoms with van der Waals surface area (Å²) in [4.78, 5) is 33.9. The normalized spacial score (nSPS) is 18.6. The number of amides is 1. The fourth-order valence-corrected chi connectivity index (χ4v) is 5.70. The van der Waals surface area contributed by atoms with E-state index in [0.29, 0.717) is 47.7 Å². The van der Waals surface area contributed by atoms with E-state index in [-0.39, 0.29) is 23.6 Å². The molecule has 1 amide bonds. The average molecular weight is 507 g/mol. The maximum Gasteiger partial charge on any atom is 0.304 e. The number of halogens is 2. The van der Waals surface area contributed by atoms with Crippen LogP contribution in [0.4, 0.5) is 0 Å². The number of aromatic amines is 1. The second kappa shape index (κ2) is 10.8. The monoisotopic (exact) mass is 506 g/mol. The number of rotatable bonds is 9. The molecule has 2 aromatic carbocycles. The highest BCUT2D eigenvalue weighted by Crippen LogP contribution is 2.31. The van der Waals surface area contributed by atoms with Crippen molar-refractivity contribution < 1.29 is 14.7 Å². The first-order valence-corrected chi connectivity index (χ1v) is 12.4. The van der Waals surface area contributed by atoms with Crippen LogP contribution < -0.4 is 5.32 Å². The van der Waals surface area contributed by atoms with Gasteiger partial charge >= 0.3 is 5.97 Å². The van der Waals surface area contributed by atoms with Crippen LogP contribution in [0.3, 0.4) is 0 Å². The van der Waals surface area contributed by atoms with E-state index in [1.54, 1.807) is 23.9 Å². The molecule has 1 fully saturated rings. The van der Waals surface area contributed by atoms with E-state index in [4.69, 9.17) is 28.3 Å². The number of hydrogen-bond donors (Lipinski definition) is 3. The lowest BCUT2D eigenvalue weighted by atomic mass is 10.1. The molecule has 1 aliphatic rings. The summed E-state index contributed by atoms with van der Waals surface area (Å²) >= 11 is 14.0. The fourth-order valence-electron chi connectivity index (χ4n) is 3.99. The molecule has 3 aromatic rings. The molecule has 1 aliphatic heterocycles. The Morgan fingerprint density at radius 2 is 2.06 bits per heavy atom. The van der Waals surface area contributed by atoms with Crippen LogP contribution in [0.2, 0.25) is 10.0 Å². The first-order chi connectivity index (χ1) is 15.9. The van der Waals surface area contributed by atoms with Gasteiger partial charge in [-0.2, -0.15) is 11.8 Å². The topological polar surface area (TPSA) is 98.3 Å². The van der Waals surface area contributed by atoms with Gasteiger partial charge in [0.05, 0.1) is 30.0 Å². The highest BCUT2D eigenvalue weighted by atomic mass is 35.5. The quantitative estimate of drug-likeness (QED) is 0.399. The molecule has 0 aliphatic carbocycles. The lowest BCUT2D eigenvalue weighted by molar-refractivity contribution is -0.136. The summed E-state index contributed by atoms with van der Waals surface area (Å²) in [6.07, 6.45) is 0.745. The van der Waals surface area contributed by atoms with Crippen molar-refractivity contribution in [1.82, 2.24) is 20.2 Å². The number of carboxylic acids is 1. The van der Waals surface area contributed by atoms with Crippen molar-refractivity contribution in [2.75, 3.05) is 12.3 Å². The van der Waals surface area contributed by atoms with E-state index in [0.717, 1.165) is 16.6 Å². The van der Waals surface area contributed by atoms with Crippen molar-refractivity contribution in [2.45, 2.75) is 37.2 Å². The van der Waals surface area contributed by atoms with Crippen molar-refractivity contribution in [3.05, 3.63) is 63.9 Å². The van der Waals surface area contributed by atoms with Crippen LogP contribution in [0.15, 0.2) is 42.5 Å². The molecule has 0 unspecified atom stereocenters. The minimum absolute atomic E-state index is 0.0816. The van der Waals surface area contributed by atoms with Crippen molar-refractivity contribution in [2.24, 2.45) is 0 Å². The van der Waals surface area contributed by atoms with Gasteiger partial charge in [0.1, 0.15) is 5.82 Å². The number of likely N-dealkylation sites (tertiary alicyclic amines) is 1. The van der Waals surface area contributed by atoms with Gasteiger partial charge in [0.2, 0.25) is 5.91 Å². The van der Waals surface area contributed by atoms with Crippen molar-refractivity contribution in [3.63, 3.8) is 0 Å². The Hall–Kier alpha value is -2.26. The summed E-state index contributed by atoms with van der Waals surface area (Å²) in [5, 5.41) is 13.2. The Bertz CT molecular complexity index is 1120. The molecular weight excluding hydrogens is 483 g/mol. The molecule has 1 saturated heterocycles. The Kier molecular flexibility index (Phi) is 7.80. The molecule has 1 aromatic heterocycles. The fraction of sp³-hybridized carbons (Fsp3) is 0.348. The number of aliphatic carboxylic acids is 1. The van der Waals surface area contributed by atoms with Crippen LogP contribution in [0.1, 0.15) is 24.2 Å². The number of imidazole rings is 1. The number of carbonyl (C=O) groups is 2. The smallest absolute Gasteiger partial charge is 0.304 e. The minimum atomic E-state index is -0.814. The number of para-hydroxylation sites is 2. The average Bonchev–Trinajstić information content (AvgIpc) is 3.37. The Morgan fingerprint density at radius 3 is 2.82 bits per heavy atom. The van der Waals surface area contributed by atoms with E-state index in [2.05, 4.69) is 20.2 Å². The SMILES string of the molecule is O=C(O)CCS[C@@H]1C[C@@H](C(=O)NCc2nc3ccccc3[nH]2)N(Cc2ccc(Cl)cc2Cl)C1. The van der Waals surface area contributed by atoms with Gasteiger partial charge in [-0.3, -0.25) is 14.5 Å². The predicted octanol–water partition coefficient (Wildman–Crippen LogP) is 4.34. The van der Waals surface area contributed by atoms with Crippen LogP contribution in [-0.2, 0) is 22.7 Å². The predicted molar refractivity (Wildman–Crippen MR) is 132 cm³/mol. The number of fused-ring (bicyclic) bond motifs is 1. The van der Waals surface area contributed by atoms with Gasteiger partial charge in [0.15, 0.2) is 0 Å². The minimum Gasteiger partial charge on any atom is -0.481 e. The highest BCUT2D eigenvalue weighted by molar-refractivity contribution is 7.99. The van der Waals surface area contributed by atoms with E-state index < -0.39 is 5.97 Å². The standard InChI is InChI=1S/C23H24Cl2N4O3S/c24-15-6-5-14(17(25)9-15)12-29-13-16(33-8-7-22(30)31)10-20(29)23(32)26-11-21-27-18-3-1-2-4-19(18)28-21/h1-6,9,16,20H,7-8,10-13H2,(H,26,32)(H,27,28)(H,30,31)/t16-,20+/m1/s1. The van der Waals surface area contributed by atoms with E-state index in [9.17, 15) is 9.59 Å². The zero-order valence-corrected chi connectivity index (χ0v) is 20.1. The number of nitrogens with zero attached hydrogens (tertiary/aromatic N) is 2. The molecule has 7 nitrogen and oxygen atoms in total. The second-order valence-electron chi connectivity index (χ2n) is 7.97. The Labute approximate surface area is 205 Å². The van der Waals surface area contributed by atoms with Crippen molar-refractivity contribution >= 4 is 57.9 Å². The summed E-state index contributed by atoms with van der Waals surface area (Å²) < 4.78 is 0. The third-order valence-corrected chi connectivity index (χ3v) is 7.43. The van der Waals surface area contributed by atoms with Gasteiger partial charge in [0.25, 0.3) is 0 Å². The number of carbonyl (C=O) groups excluding carboxylic acids is 1. The van der Waals surface area contributed by atoms with E-state index in [1.807, 2.05) is 30.3 Å². The van der Waals surface area contributed by atoms with Crippen LogP contribution in [-0.4, -0.2) is 55.4 Å². The number of H-pyrrole nitrogens is 1. The molecule has 0 spiro atoms. The third-order valence-electron chi connectivity index (χ3n) is 5.59. The van der Waals surface area contributed by atoms with Crippen LogP contribution in [0.25, 0.3) is 11.0 Å². The van der Waals surface area contributed by atoms with Crippen LogP contribution >= 0.6 is 35.0 Å². The van der Waals surface area contributed by atoms with Crippen LogP contribution in [0, 0.1) is 0 Å². The number of nitrogens with one attached hydrogen (secondary N) is 2. The highest BCUT2D eigenvalue weighted by Gasteiger charge is 2.37. The number of benzene rings is 2. The first kappa shape index (κ1) is 23.9. The largest absolute Gasteiger partial charge is 0.481 e. The van der Waals surface area contributed by atoms with E-state index >= 15 is 0 Å². The van der Waals surface area contributed by atoms with Crippen LogP contribution in [0.5, 0.6) is 0 Å². The number of hydrogen-bond acceptors (Lipinski definition) is 5. The van der Waals surface area contributed by atoms with Gasteiger partial charge in [-0.05, 0) is 36.2 Å². The second-order valence-corrected chi connectivity index (χ2v) is 10.2. The van der Waals surface area contributed by atoms with Gasteiger partial charge < -0.3 is 15.4 Å². The molecule has 3 N–H and O–H groups in total. The molecule has 2 atom stereocenters. The van der Waals surface area contributed by atoms with E-state index in [1.165, 1.54) is 0 Å². The van der Waals surface area contributed by atoms with Gasteiger partial charge in [-0.15, -0.1) is 0 Å². The molecule has 33 heavy (non-hydrogen) atoms. The summed E-state index contributed by atoms with van der Waals surface area (Å²) in [5.74, 6) is 0.317. The third kappa shape index (κ3) is 6.20. The zero-order chi connectivity index (χ0) is 23.4. The molecular formula is C23H24Cl2N4O3S. The van der Waals surface area contributed by atoms with Gasteiger partial charge in [-0.1, -0.05) is 41.4 Å². The molecule has 174 valence electrons. The molecule has 0 radical (unpaired) electrons. The Balaban J connectivity index is 1.43. The number of aromatic nitrogens is 2. The molecule has 4 rings (SSSR count). The maximum absolute atomic E-state index is 13.1. The first-order valence-electron chi connectivity index (χ1n) is 10.6. The van der Waals surface area contributed by atoms with Crippen molar-refractivity contribution in [1.29, 1.82) is 0 Å². The summed E-state index contributed by atoms with van der Waals surface area (Å²) in [6.45, 7) is 1.48. The molecule has 2 heterocycles. The number of thioether (sulfide) groups is 1. The zero-order valence-electron chi connectivity index (χ0n) is 17.8. The molecule has 10 heteroatoms. The van der Waals surface area contributed by atoms with Gasteiger partial charge in [0, 0.05) is 34.1 Å². The van der Waals surface area contributed by atoms with Crippen molar-refractivity contribution in [3.8, 4) is 0 Å². The Morgan fingerprint density at radius 1 is 1.24 bits per heavy atom. The summed E-state index contributed by atoms with van der Waals surface area (Å²) in [6, 6.07) is 12.7. The molecule has 0 saturated carbocycles.